The fourth-order valence-electron chi connectivity index (χ4n) is 4.20. The molecule has 1 saturated carbocycles. The third kappa shape index (κ3) is 3.31. The topological polar surface area (TPSA) is 45.5 Å². The maximum absolute atomic E-state index is 12.7. The molecule has 5 heteroatoms. The Morgan fingerprint density at radius 1 is 1.29 bits per heavy atom. The van der Waals surface area contributed by atoms with Crippen molar-refractivity contribution >= 4 is 29.3 Å². The molecule has 24 heavy (non-hydrogen) atoms. The van der Waals surface area contributed by atoms with E-state index < -0.39 is 0 Å². The van der Waals surface area contributed by atoms with Gasteiger partial charge in [0.2, 0.25) is 5.91 Å². The van der Waals surface area contributed by atoms with Crippen molar-refractivity contribution in [2.75, 3.05) is 7.05 Å². The highest BCUT2D eigenvalue weighted by Crippen LogP contribution is 2.33. The molecular weight excluding hydrogens is 324 g/mol. The Morgan fingerprint density at radius 2 is 2.08 bits per heavy atom. The number of amides is 1. The van der Waals surface area contributed by atoms with Gasteiger partial charge in [0, 0.05) is 18.5 Å². The SMILES string of the molecule is CN(Cc1cc2ccccc2o1)C(=O)C1CC2CCCCC2N1.Cl. The van der Waals surface area contributed by atoms with E-state index in [9.17, 15) is 4.79 Å². The van der Waals surface area contributed by atoms with Gasteiger partial charge in [-0.3, -0.25) is 4.79 Å². The number of likely N-dealkylation sites (N-methyl/N-ethyl adjacent to an activating group) is 1. The molecule has 0 radical (unpaired) electrons. The Morgan fingerprint density at radius 3 is 2.88 bits per heavy atom. The predicted molar refractivity (Wildman–Crippen MR) is 97.2 cm³/mol. The van der Waals surface area contributed by atoms with E-state index in [1.165, 1.54) is 25.7 Å². The first-order chi connectivity index (χ1) is 11.2. The summed E-state index contributed by atoms with van der Waals surface area (Å²) in [6, 6.07) is 10.5. The molecule has 2 fully saturated rings. The maximum atomic E-state index is 12.7. The fraction of sp³-hybridized carbons (Fsp3) is 0.526. The smallest absolute Gasteiger partial charge is 0.239 e. The van der Waals surface area contributed by atoms with Gasteiger partial charge in [-0.15, -0.1) is 12.4 Å². The molecule has 130 valence electrons. The minimum Gasteiger partial charge on any atom is -0.459 e. The van der Waals surface area contributed by atoms with Crippen molar-refractivity contribution in [1.29, 1.82) is 0 Å². The number of nitrogens with one attached hydrogen (secondary N) is 1. The number of hydrogen-bond donors (Lipinski definition) is 1. The van der Waals surface area contributed by atoms with Gasteiger partial charge in [0.15, 0.2) is 0 Å². The molecule has 4 rings (SSSR count). The van der Waals surface area contributed by atoms with E-state index in [-0.39, 0.29) is 24.4 Å². The van der Waals surface area contributed by atoms with Gasteiger partial charge < -0.3 is 14.6 Å². The lowest BCUT2D eigenvalue weighted by Gasteiger charge is -2.24. The second-order valence-electron chi connectivity index (χ2n) is 7.05. The first-order valence-corrected chi connectivity index (χ1v) is 8.69. The number of carbonyl (C=O) groups excluding carboxylic acids is 1. The normalized spacial score (nSPS) is 26.0. The number of furan rings is 1. The molecule has 1 aromatic carbocycles. The van der Waals surface area contributed by atoms with E-state index in [1.54, 1.807) is 4.90 Å². The van der Waals surface area contributed by atoms with Crippen LogP contribution < -0.4 is 5.32 Å². The van der Waals surface area contributed by atoms with E-state index in [0.717, 1.165) is 23.2 Å². The molecular formula is C19H25ClN2O2. The Hall–Kier alpha value is -1.52. The predicted octanol–water partition coefficient (Wildman–Crippen LogP) is 3.73. The van der Waals surface area contributed by atoms with Crippen molar-refractivity contribution in [3.63, 3.8) is 0 Å². The van der Waals surface area contributed by atoms with Gasteiger partial charge in [0.1, 0.15) is 11.3 Å². The number of benzene rings is 1. The van der Waals surface area contributed by atoms with E-state index in [2.05, 4.69) is 5.32 Å². The summed E-state index contributed by atoms with van der Waals surface area (Å²) in [6.45, 7) is 0.529. The van der Waals surface area contributed by atoms with Crippen LogP contribution in [0.3, 0.4) is 0 Å². The molecule has 3 atom stereocenters. The van der Waals surface area contributed by atoms with Crippen LogP contribution in [0, 0.1) is 5.92 Å². The van der Waals surface area contributed by atoms with E-state index in [0.29, 0.717) is 18.5 Å². The zero-order chi connectivity index (χ0) is 15.8. The number of hydrogen-bond acceptors (Lipinski definition) is 3. The third-order valence-corrected chi connectivity index (χ3v) is 5.41. The van der Waals surface area contributed by atoms with Crippen LogP contribution in [0.15, 0.2) is 34.7 Å². The molecule has 1 aliphatic heterocycles. The van der Waals surface area contributed by atoms with Crippen LogP contribution in [-0.4, -0.2) is 29.9 Å². The number of nitrogens with zero attached hydrogens (tertiary/aromatic N) is 1. The molecule has 0 bridgehead atoms. The first-order valence-electron chi connectivity index (χ1n) is 8.69. The second kappa shape index (κ2) is 7.16. The summed E-state index contributed by atoms with van der Waals surface area (Å²) in [6.07, 6.45) is 6.10. The van der Waals surface area contributed by atoms with Gasteiger partial charge >= 0.3 is 0 Å². The van der Waals surface area contributed by atoms with Gasteiger partial charge in [0.25, 0.3) is 0 Å². The van der Waals surface area contributed by atoms with Crippen LogP contribution in [0.25, 0.3) is 11.0 Å². The Balaban J connectivity index is 0.00000169. The average Bonchev–Trinajstić information content (AvgIpc) is 3.16. The lowest BCUT2D eigenvalue weighted by molar-refractivity contribution is -0.132. The largest absolute Gasteiger partial charge is 0.459 e. The maximum Gasteiger partial charge on any atom is 0.239 e. The third-order valence-electron chi connectivity index (χ3n) is 5.41. The highest BCUT2D eigenvalue weighted by molar-refractivity contribution is 5.85. The van der Waals surface area contributed by atoms with E-state index in [4.69, 9.17) is 4.42 Å². The molecule has 3 unspecified atom stereocenters. The monoisotopic (exact) mass is 348 g/mol. The van der Waals surface area contributed by atoms with Gasteiger partial charge in [-0.1, -0.05) is 31.0 Å². The molecule has 1 N–H and O–H groups in total. The highest BCUT2D eigenvalue weighted by Gasteiger charge is 2.39. The second-order valence-corrected chi connectivity index (χ2v) is 7.05. The number of halogens is 1. The zero-order valence-electron chi connectivity index (χ0n) is 14.0. The lowest BCUT2D eigenvalue weighted by atomic mass is 9.85. The highest BCUT2D eigenvalue weighted by atomic mass is 35.5. The Bertz CT molecular complexity index is 667. The summed E-state index contributed by atoms with van der Waals surface area (Å²) < 4.78 is 5.83. The van der Waals surface area contributed by atoms with E-state index in [1.807, 2.05) is 37.4 Å². The van der Waals surface area contributed by atoms with Crippen LogP contribution in [0.4, 0.5) is 0 Å². The van der Waals surface area contributed by atoms with Gasteiger partial charge in [-0.05, 0) is 37.3 Å². The zero-order valence-corrected chi connectivity index (χ0v) is 14.8. The number of para-hydroxylation sites is 1. The molecule has 1 amide bonds. The number of rotatable bonds is 3. The average molecular weight is 349 g/mol. The molecule has 0 spiro atoms. The van der Waals surface area contributed by atoms with Crippen molar-refractivity contribution in [3.05, 3.63) is 36.1 Å². The van der Waals surface area contributed by atoms with Crippen molar-refractivity contribution in [2.24, 2.45) is 5.92 Å². The summed E-state index contributed by atoms with van der Waals surface area (Å²) >= 11 is 0. The van der Waals surface area contributed by atoms with Crippen LogP contribution in [-0.2, 0) is 11.3 Å². The summed E-state index contributed by atoms with van der Waals surface area (Å²) in [5.74, 6) is 1.73. The molecule has 2 aliphatic rings. The lowest BCUT2D eigenvalue weighted by Crippen LogP contribution is -2.43. The van der Waals surface area contributed by atoms with Gasteiger partial charge in [-0.2, -0.15) is 0 Å². The molecule has 1 aliphatic carbocycles. The first kappa shape index (κ1) is 17.3. The molecule has 4 nitrogen and oxygen atoms in total. The molecule has 2 aromatic rings. The van der Waals surface area contributed by atoms with Gasteiger partial charge in [0.05, 0.1) is 12.6 Å². The van der Waals surface area contributed by atoms with Crippen molar-refractivity contribution in [1.82, 2.24) is 10.2 Å². The van der Waals surface area contributed by atoms with Crippen molar-refractivity contribution in [3.8, 4) is 0 Å². The Kier molecular flexibility index (Phi) is 5.16. The standard InChI is InChI=1S/C19H24N2O2.ClH/c1-21(12-15-10-14-7-3-5-9-18(14)23-15)19(22)17-11-13-6-2-4-8-16(13)20-17;/h3,5,7,9-10,13,16-17,20H,2,4,6,8,11-12H2,1H3;1H. The summed E-state index contributed by atoms with van der Waals surface area (Å²) in [5, 5.41) is 4.66. The minimum absolute atomic E-state index is 0. The van der Waals surface area contributed by atoms with Crippen molar-refractivity contribution in [2.45, 2.75) is 50.7 Å². The number of carbonyl (C=O) groups is 1. The summed E-state index contributed by atoms with van der Waals surface area (Å²) in [5.41, 5.74) is 0.883. The fourth-order valence-corrected chi connectivity index (χ4v) is 4.20. The van der Waals surface area contributed by atoms with E-state index >= 15 is 0 Å². The van der Waals surface area contributed by atoms with Crippen LogP contribution in [0.1, 0.15) is 37.9 Å². The quantitative estimate of drug-likeness (QED) is 0.919. The van der Waals surface area contributed by atoms with Gasteiger partial charge in [-0.25, -0.2) is 0 Å². The Labute approximate surface area is 149 Å². The summed E-state index contributed by atoms with van der Waals surface area (Å²) in [4.78, 5) is 14.5. The van der Waals surface area contributed by atoms with Crippen LogP contribution >= 0.6 is 12.4 Å². The number of fused-ring (bicyclic) bond motifs is 2. The summed E-state index contributed by atoms with van der Waals surface area (Å²) in [7, 11) is 1.87. The molecule has 1 aromatic heterocycles. The van der Waals surface area contributed by atoms with Crippen molar-refractivity contribution < 1.29 is 9.21 Å². The van der Waals surface area contributed by atoms with Crippen LogP contribution in [0.5, 0.6) is 0 Å². The molecule has 1 saturated heterocycles. The molecule has 2 heterocycles. The van der Waals surface area contributed by atoms with Crippen LogP contribution in [0.2, 0.25) is 0 Å². The minimum atomic E-state index is -0.0162.